The fourth-order valence-electron chi connectivity index (χ4n) is 2.28. The van der Waals surface area contributed by atoms with Gasteiger partial charge < -0.3 is 9.73 Å². The van der Waals surface area contributed by atoms with Gasteiger partial charge in [0.1, 0.15) is 5.69 Å². The van der Waals surface area contributed by atoms with Gasteiger partial charge in [0.15, 0.2) is 0 Å². The number of carbonyl (C=O) groups is 1. The number of nitrogens with one attached hydrogen (secondary N) is 1. The highest BCUT2D eigenvalue weighted by molar-refractivity contribution is 6.30. The van der Waals surface area contributed by atoms with E-state index in [4.69, 9.17) is 16.0 Å². The van der Waals surface area contributed by atoms with Crippen LogP contribution in [0, 0.1) is 10.1 Å². The lowest BCUT2D eigenvalue weighted by Crippen LogP contribution is -2.15. The smallest absolute Gasteiger partial charge is 0.360 e. The minimum atomic E-state index is -0.875. The number of rotatable bonds is 4. The number of anilines is 1. The van der Waals surface area contributed by atoms with E-state index in [1.54, 1.807) is 36.4 Å². The molecule has 0 unspecified atom stereocenters. The van der Waals surface area contributed by atoms with Gasteiger partial charge in [0.05, 0.1) is 4.92 Å². The number of carbonyl (C=O) groups excluding carboxylic acids is 1. The van der Waals surface area contributed by atoms with Crippen molar-refractivity contribution in [1.82, 2.24) is 0 Å². The van der Waals surface area contributed by atoms with Crippen LogP contribution in [0.3, 0.4) is 0 Å². The van der Waals surface area contributed by atoms with Crippen LogP contribution in [0.25, 0.3) is 17.0 Å². The van der Waals surface area contributed by atoms with Crippen molar-refractivity contribution in [2.45, 2.75) is 0 Å². The number of halogens is 1. The van der Waals surface area contributed by atoms with Crippen LogP contribution in [0.2, 0.25) is 5.02 Å². The maximum Gasteiger partial charge on any atom is 0.360 e. The number of fused-ring (bicyclic) bond motifs is 1. The van der Waals surface area contributed by atoms with Crippen molar-refractivity contribution < 1.29 is 14.1 Å². The molecule has 130 valence electrons. The number of hydrogen-bond donors (Lipinski definition) is 1. The van der Waals surface area contributed by atoms with Crippen molar-refractivity contribution in [3.05, 3.63) is 85.7 Å². The molecule has 7 nitrogen and oxygen atoms in total. The number of benzene rings is 2. The fourth-order valence-corrected chi connectivity index (χ4v) is 2.41. The number of hydrogen-bond acceptors (Lipinski definition) is 5. The van der Waals surface area contributed by atoms with E-state index < -0.39 is 16.5 Å². The van der Waals surface area contributed by atoms with E-state index in [9.17, 15) is 19.7 Å². The second-order valence-corrected chi connectivity index (χ2v) is 5.71. The first-order chi connectivity index (χ1) is 12.4. The lowest BCUT2D eigenvalue weighted by molar-refractivity contribution is -0.383. The van der Waals surface area contributed by atoms with Crippen molar-refractivity contribution in [3.8, 4) is 0 Å². The van der Waals surface area contributed by atoms with Gasteiger partial charge in [0, 0.05) is 22.6 Å². The average molecular weight is 371 g/mol. The number of nitro groups is 1. The van der Waals surface area contributed by atoms with E-state index >= 15 is 0 Å². The molecule has 0 aliphatic rings. The van der Waals surface area contributed by atoms with Crippen molar-refractivity contribution >= 4 is 45.9 Å². The molecule has 0 bridgehead atoms. The van der Waals surface area contributed by atoms with Crippen LogP contribution >= 0.6 is 11.6 Å². The van der Waals surface area contributed by atoms with Gasteiger partial charge >= 0.3 is 11.3 Å². The lowest BCUT2D eigenvalue weighted by atomic mass is 10.2. The summed E-state index contributed by atoms with van der Waals surface area (Å²) in [6.07, 6.45) is 2.81. The molecule has 1 N–H and O–H groups in total. The minimum Gasteiger partial charge on any atom is -0.414 e. The Morgan fingerprint density at radius 1 is 1.19 bits per heavy atom. The summed E-state index contributed by atoms with van der Waals surface area (Å²) in [6, 6.07) is 12.4. The summed E-state index contributed by atoms with van der Waals surface area (Å²) in [7, 11) is 0. The maximum atomic E-state index is 12.0. The maximum absolute atomic E-state index is 12.0. The monoisotopic (exact) mass is 370 g/mol. The summed E-state index contributed by atoms with van der Waals surface area (Å²) in [5, 5.41) is 14.3. The molecule has 0 aliphatic heterocycles. The van der Waals surface area contributed by atoms with Gasteiger partial charge in [-0.15, -0.1) is 0 Å². The average Bonchev–Trinajstić information content (AvgIpc) is 2.61. The molecule has 26 heavy (non-hydrogen) atoms. The molecule has 0 spiro atoms. The van der Waals surface area contributed by atoms with E-state index in [1.165, 1.54) is 24.3 Å². The summed E-state index contributed by atoms with van der Waals surface area (Å²) in [5.41, 5.74) is -0.688. The van der Waals surface area contributed by atoms with E-state index in [1.807, 2.05) is 0 Å². The van der Waals surface area contributed by atoms with Crippen molar-refractivity contribution in [2.24, 2.45) is 0 Å². The summed E-state index contributed by atoms with van der Waals surface area (Å²) < 4.78 is 5.01. The number of para-hydroxylation sites is 1. The van der Waals surface area contributed by atoms with Gasteiger partial charge in [-0.25, -0.2) is 4.79 Å². The van der Waals surface area contributed by atoms with Crippen LogP contribution in [-0.4, -0.2) is 10.8 Å². The Balaban J connectivity index is 1.85. The molecular weight excluding hydrogens is 360 g/mol. The Morgan fingerprint density at radius 2 is 1.92 bits per heavy atom. The highest BCUT2D eigenvalue weighted by Crippen LogP contribution is 2.25. The molecule has 1 heterocycles. The van der Waals surface area contributed by atoms with Crippen LogP contribution in [0.15, 0.2) is 63.8 Å². The normalized spacial score (nSPS) is 11.0. The SMILES string of the molecule is O=C(C=Cc1ccc(Cl)cc1)Nc1cc2cccc([N+](=O)[O-])c2oc1=O. The Kier molecular flexibility index (Phi) is 4.81. The quantitative estimate of drug-likeness (QED) is 0.323. The molecule has 8 heteroatoms. The minimum absolute atomic E-state index is 0.108. The second kappa shape index (κ2) is 7.20. The topological polar surface area (TPSA) is 102 Å². The third kappa shape index (κ3) is 3.79. The number of amides is 1. The molecule has 0 radical (unpaired) electrons. The first-order valence-corrected chi connectivity index (χ1v) is 7.78. The molecule has 3 rings (SSSR count). The van der Waals surface area contributed by atoms with Crippen LogP contribution in [-0.2, 0) is 4.79 Å². The Bertz CT molecular complexity index is 1090. The predicted octanol–water partition coefficient (Wildman–Crippen LogP) is 4.01. The summed E-state index contributed by atoms with van der Waals surface area (Å²) in [5.74, 6) is -0.544. The summed E-state index contributed by atoms with van der Waals surface area (Å²) >= 11 is 5.79. The van der Waals surface area contributed by atoms with Crippen LogP contribution in [0.5, 0.6) is 0 Å². The molecule has 1 aromatic heterocycles. The van der Waals surface area contributed by atoms with Crippen LogP contribution in [0.1, 0.15) is 5.56 Å². The van der Waals surface area contributed by atoms with E-state index in [2.05, 4.69) is 5.32 Å². The van der Waals surface area contributed by atoms with Gasteiger partial charge in [0.25, 0.3) is 0 Å². The van der Waals surface area contributed by atoms with Gasteiger partial charge in [-0.05, 0) is 29.8 Å². The fraction of sp³-hybridized carbons (Fsp3) is 0. The third-order valence-electron chi connectivity index (χ3n) is 3.49. The summed E-state index contributed by atoms with van der Waals surface area (Å²) in [6.45, 7) is 0. The first kappa shape index (κ1) is 17.4. The van der Waals surface area contributed by atoms with E-state index in [-0.39, 0.29) is 17.0 Å². The highest BCUT2D eigenvalue weighted by atomic mass is 35.5. The van der Waals surface area contributed by atoms with Crippen molar-refractivity contribution in [1.29, 1.82) is 0 Å². The first-order valence-electron chi connectivity index (χ1n) is 7.40. The zero-order valence-electron chi connectivity index (χ0n) is 13.1. The second-order valence-electron chi connectivity index (χ2n) is 5.27. The molecule has 0 atom stereocenters. The predicted molar refractivity (Wildman–Crippen MR) is 98.3 cm³/mol. The highest BCUT2D eigenvalue weighted by Gasteiger charge is 2.16. The lowest BCUT2D eigenvalue weighted by Gasteiger charge is -2.03. The molecule has 0 aliphatic carbocycles. The van der Waals surface area contributed by atoms with Gasteiger partial charge in [-0.1, -0.05) is 35.9 Å². The molecule has 2 aromatic carbocycles. The number of non-ortho nitro benzene ring substituents is 1. The van der Waals surface area contributed by atoms with Crippen molar-refractivity contribution in [3.63, 3.8) is 0 Å². The Hall–Kier alpha value is -3.45. The van der Waals surface area contributed by atoms with Gasteiger partial charge in [-0.3, -0.25) is 14.9 Å². The Morgan fingerprint density at radius 3 is 2.62 bits per heavy atom. The molecule has 3 aromatic rings. The number of nitro benzene ring substituents is 1. The van der Waals surface area contributed by atoms with Gasteiger partial charge in [-0.2, -0.15) is 0 Å². The third-order valence-corrected chi connectivity index (χ3v) is 3.74. The largest absolute Gasteiger partial charge is 0.414 e. The molecular formula is C18H11ClN2O5. The van der Waals surface area contributed by atoms with E-state index in [0.717, 1.165) is 5.56 Å². The standard InChI is InChI=1S/C18H11ClN2O5/c19-13-7-4-11(5-8-13)6-9-16(22)20-14-10-12-2-1-3-15(21(24)25)17(12)26-18(14)23/h1-10H,(H,20,22). The molecule has 0 saturated carbocycles. The Labute approximate surface area is 151 Å². The molecule has 0 saturated heterocycles. The van der Waals surface area contributed by atoms with Crippen LogP contribution in [0.4, 0.5) is 11.4 Å². The van der Waals surface area contributed by atoms with Crippen molar-refractivity contribution in [2.75, 3.05) is 5.32 Å². The van der Waals surface area contributed by atoms with Gasteiger partial charge in [0.2, 0.25) is 11.5 Å². The zero-order valence-corrected chi connectivity index (χ0v) is 13.9. The molecule has 0 fully saturated rings. The van der Waals surface area contributed by atoms with E-state index in [0.29, 0.717) is 10.4 Å². The zero-order chi connectivity index (χ0) is 18.7. The van der Waals surface area contributed by atoms with Crippen LogP contribution < -0.4 is 10.9 Å². The number of nitrogens with zero attached hydrogens (tertiary/aromatic N) is 1. The molecule has 1 amide bonds. The summed E-state index contributed by atoms with van der Waals surface area (Å²) in [4.78, 5) is 34.4.